The number of aromatic nitrogens is 2. The van der Waals surface area contributed by atoms with E-state index in [1.54, 1.807) is 6.33 Å². The lowest BCUT2D eigenvalue weighted by atomic mass is 10.1. The van der Waals surface area contributed by atoms with Gasteiger partial charge < -0.3 is 15.1 Å². The van der Waals surface area contributed by atoms with Gasteiger partial charge in [-0.2, -0.15) is 0 Å². The standard InChI is InChI=1S/C18H21N5S/c1-2-8-19-18(24)23-11-9-22(10-12-23)17-13-16(20-14-21-17)15-6-4-3-5-7-15/h2-7,13-14H,1,8-12H2,(H,19,24). The van der Waals surface area contributed by atoms with Gasteiger partial charge in [-0.25, -0.2) is 9.97 Å². The molecule has 3 rings (SSSR count). The van der Waals surface area contributed by atoms with Crippen LogP contribution in [0.5, 0.6) is 0 Å². The van der Waals surface area contributed by atoms with Gasteiger partial charge in [-0.05, 0) is 12.2 Å². The van der Waals surface area contributed by atoms with Crippen molar-refractivity contribution in [2.45, 2.75) is 0 Å². The van der Waals surface area contributed by atoms with Gasteiger partial charge >= 0.3 is 0 Å². The molecule has 6 heteroatoms. The maximum atomic E-state index is 5.40. The van der Waals surface area contributed by atoms with Gasteiger partial charge in [0.15, 0.2) is 5.11 Å². The summed E-state index contributed by atoms with van der Waals surface area (Å²) >= 11 is 5.40. The Kier molecular flexibility index (Phi) is 5.38. The molecule has 0 saturated carbocycles. The molecular formula is C18H21N5S. The first-order chi connectivity index (χ1) is 11.8. The van der Waals surface area contributed by atoms with E-state index in [2.05, 4.69) is 49.9 Å². The monoisotopic (exact) mass is 339 g/mol. The molecule has 0 unspecified atom stereocenters. The van der Waals surface area contributed by atoms with Crippen molar-refractivity contribution >= 4 is 23.1 Å². The quantitative estimate of drug-likeness (QED) is 0.681. The lowest BCUT2D eigenvalue weighted by Crippen LogP contribution is -2.52. The second-order valence-electron chi connectivity index (χ2n) is 5.58. The minimum absolute atomic E-state index is 0.700. The van der Waals surface area contributed by atoms with Crippen molar-refractivity contribution in [1.29, 1.82) is 0 Å². The summed E-state index contributed by atoms with van der Waals surface area (Å²) in [6.45, 7) is 7.94. The van der Waals surface area contributed by atoms with Crippen molar-refractivity contribution in [1.82, 2.24) is 20.2 Å². The van der Waals surface area contributed by atoms with Gasteiger partial charge in [0.05, 0.1) is 5.69 Å². The third-order valence-corrected chi connectivity index (χ3v) is 4.41. The fourth-order valence-electron chi connectivity index (χ4n) is 2.70. The van der Waals surface area contributed by atoms with E-state index in [1.807, 2.05) is 24.3 Å². The normalized spacial score (nSPS) is 14.3. The van der Waals surface area contributed by atoms with Gasteiger partial charge in [0.1, 0.15) is 12.1 Å². The predicted octanol–water partition coefficient (Wildman–Crippen LogP) is 2.33. The van der Waals surface area contributed by atoms with Crippen molar-refractivity contribution < 1.29 is 0 Å². The molecule has 24 heavy (non-hydrogen) atoms. The summed E-state index contributed by atoms with van der Waals surface area (Å²) in [4.78, 5) is 13.3. The SMILES string of the molecule is C=CCNC(=S)N1CCN(c2cc(-c3ccccc3)ncn2)CC1. The number of benzene rings is 1. The Labute approximate surface area is 148 Å². The van der Waals surface area contributed by atoms with Crippen LogP contribution in [0, 0.1) is 0 Å². The van der Waals surface area contributed by atoms with E-state index in [0.29, 0.717) is 6.54 Å². The first-order valence-electron chi connectivity index (χ1n) is 8.04. The number of nitrogens with zero attached hydrogens (tertiary/aromatic N) is 4. The molecule has 1 fully saturated rings. The van der Waals surface area contributed by atoms with Gasteiger partial charge in [0.2, 0.25) is 0 Å². The lowest BCUT2D eigenvalue weighted by Gasteiger charge is -2.36. The van der Waals surface area contributed by atoms with Crippen LogP contribution in [0.15, 0.2) is 55.4 Å². The van der Waals surface area contributed by atoms with E-state index in [4.69, 9.17) is 12.2 Å². The molecule has 1 saturated heterocycles. The van der Waals surface area contributed by atoms with Crippen LogP contribution in [0.1, 0.15) is 0 Å². The number of thiocarbonyl (C=S) groups is 1. The van der Waals surface area contributed by atoms with Crippen molar-refractivity contribution in [3.8, 4) is 11.3 Å². The Balaban J connectivity index is 1.65. The van der Waals surface area contributed by atoms with Gasteiger partial charge in [-0.15, -0.1) is 6.58 Å². The number of anilines is 1. The Morgan fingerprint density at radius 1 is 1.17 bits per heavy atom. The molecular weight excluding hydrogens is 318 g/mol. The molecule has 0 spiro atoms. The van der Waals surface area contributed by atoms with Crippen molar-refractivity contribution in [3.05, 3.63) is 55.4 Å². The Morgan fingerprint density at radius 3 is 2.62 bits per heavy atom. The van der Waals surface area contributed by atoms with Crippen LogP contribution in [-0.2, 0) is 0 Å². The fraction of sp³-hybridized carbons (Fsp3) is 0.278. The van der Waals surface area contributed by atoms with Gasteiger partial charge in [-0.3, -0.25) is 0 Å². The highest BCUT2D eigenvalue weighted by atomic mass is 32.1. The van der Waals surface area contributed by atoms with Crippen molar-refractivity contribution in [3.63, 3.8) is 0 Å². The van der Waals surface area contributed by atoms with E-state index in [1.165, 1.54) is 0 Å². The zero-order valence-corrected chi connectivity index (χ0v) is 14.4. The highest BCUT2D eigenvalue weighted by Crippen LogP contribution is 2.21. The number of hydrogen-bond donors (Lipinski definition) is 1. The van der Waals surface area contributed by atoms with Crippen LogP contribution >= 0.6 is 12.2 Å². The number of piperazine rings is 1. The molecule has 1 aliphatic rings. The zero-order chi connectivity index (χ0) is 16.8. The third-order valence-electron chi connectivity index (χ3n) is 4.01. The van der Waals surface area contributed by atoms with Crippen LogP contribution in [0.2, 0.25) is 0 Å². The largest absolute Gasteiger partial charge is 0.359 e. The summed E-state index contributed by atoms with van der Waals surface area (Å²) in [5, 5.41) is 3.98. The van der Waals surface area contributed by atoms with Crippen molar-refractivity contribution in [2.24, 2.45) is 0 Å². The second-order valence-corrected chi connectivity index (χ2v) is 5.96. The maximum Gasteiger partial charge on any atom is 0.169 e. The summed E-state index contributed by atoms with van der Waals surface area (Å²) in [6.07, 6.45) is 3.45. The number of nitrogens with one attached hydrogen (secondary N) is 1. The van der Waals surface area contributed by atoms with Crippen LogP contribution in [0.25, 0.3) is 11.3 Å². The molecule has 1 N–H and O–H groups in total. The fourth-order valence-corrected chi connectivity index (χ4v) is 2.96. The molecule has 0 aliphatic carbocycles. The summed E-state index contributed by atoms with van der Waals surface area (Å²) in [6, 6.07) is 12.2. The molecule has 1 aliphatic heterocycles. The first-order valence-corrected chi connectivity index (χ1v) is 8.45. The molecule has 0 atom stereocenters. The Bertz CT molecular complexity index is 696. The molecule has 124 valence electrons. The van der Waals surface area contributed by atoms with Gasteiger partial charge in [0, 0.05) is 44.4 Å². The number of hydrogen-bond acceptors (Lipinski definition) is 4. The van der Waals surface area contributed by atoms with E-state index in [0.717, 1.165) is 48.4 Å². The molecule has 5 nitrogen and oxygen atoms in total. The highest BCUT2D eigenvalue weighted by molar-refractivity contribution is 7.80. The molecule has 2 heterocycles. The average Bonchev–Trinajstić information content (AvgIpc) is 2.67. The zero-order valence-electron chi connectivity index (χ0n) is 13.6. The maximum absolute atomic E-state index is 5.40. The minimum Gasteiger partial charge on any atom is -0.359 e. The first kappa shape index (κ1) is 16.4. The summed E-state index contributed by atoms with van der Waals surface area (Å²) in [7, 11) is 0. The predicted molar refractivity (Wildman–Crippen MR) is 102 cm³/mol. The topological polar surface area (TPSA) is 44.3 Å². The molecule has 1 aromatic carbocycles. The minimum atomic E-state index is 0.700. The lowest BCUT2D eigenvalue weighted by molar-refractivity contribution is 0.380. The van der Waals surface area contributed by atoms with Gasteiger partial charge in [-0.1, -0.05) is 36.4 Å². The summed E-state index contributed by atoms with van der Waals surface area (Å²) in [5.41, 5.74) is 2.06. The Morgan fingerprint density at radius 2 is 1.92 bits per heavy atom. The average molecular weight is 339 g/mol. The molecule has 0 bridgehead atoms. The second kappa shape index (κ2) is 7.88. The molecule has 1 aromatic heterocycles. The smallest absolute Gasteiger partial charge is 0.169 e. The van der Waals surface area contributed by atoms with Crippen molar-refractivity contribution in [2.75, 3.05) is 37.6 Å². The molecule has 2 aromatic rings. The Hall–Kier alpha value is -2.47. The molecule has 0 amide bonds. The van der Waals surface area contributed by atoms with Crippen LogP contribution < -0.4 is 10.2 Å². The van der Waals surface area contributed by atoms with E-state index >= 15 is 0 Å². The van der Waals surface area contributed by atoms with Crippen LogP contribution in [-0.4, -0.2) is 52.7 Å². The number of rotatable bonds is 4. The third kappa shape index (κ3) is 3.89. The van der Waals surface area contributed by atoms with E-state index < -0.39 is 0 Å². The van der Waals surface area contributed by atoms with E-state index in [9.17, 15) is 0 Å². The van der Waals surface area contributed by atoms with Crippen LogP contribution in [0.3, 0.4) is 0 Å². The summed E-state index contributed by atoms with van der Waals surface area (Å²) in [5.74, 6) is 0.966. The van der Waals surface area contributed by atoms with Crippen LogP contribution in [0.4, 0.5) is 5.82 Å². The highest BCUT2D eigenvalue weighted by Gasteiger charge is 2.20. The van der Waals surface area contributed by atoms with E-state index in [-0.39, 0.29) is 0 Å². The summed E-state index contributed by atoms with van der Waals surface area (Å²) < 4.78 is 0. The molecule has 0 radical (unpaired) electrons. The van der Waals surface area contributed by atoms with Gasteiger partial charge in [0.25, 0.3) is 0 Å².